The molecule has 1 aromatic rings. The highest BCUT2D eigenvalue weighted by Crippen LogP contribution is 2.43. The second-order valence-corrected chi connectivity index (χ2v) is 6.80. The summed E-state index contributed by atoms with van der Waals surface area (Å²) in [6.07, 6.45) is 0. The van der Waals surface area contributed by atoms with E-state index in [4.69, 9.17) is 9.47 Å². The summed E-state index contributed by atoms with van der Waals surface area (Å²) in [5.74, 6) is -3.54. The Labute approximate surface area is 142 Å². The number of Topliss-reactive ketones (excluding diaryl/α,β-unsaturated/α-hetero) is 1. The molecular formula is C19H24O5. The molecule has 1 aliphatic rings. The topological polar surface area (TPSA) is 69.7 Å². The van der Waals surface area contributed by atoms with Crippen LogP contribution < -0.4 is 0 Å². The van der Waals surface area contributed by atoms with Gasteiger partial charge in [-0.1, -0.05) is 36.8 Å². The molecule has 0 radical (unpaired) electrons. The maximum Gasteiger partial charge on any atom is 0.321 e. The van der Waals surface area contributed by atoms with Gasteiger partial charge in [0.15, 0.2) is 11.7 Å². The van der Waals surface area contributed by atoms with Gasteiger partial charge >= 0.3 is 11.9 Å². The van der Waals surface area contributed by atoms with Crippen molar-refractivity contribution in [2.24, 2.45) is 17.8 Å². The van der Waals surface area contributed by atoms with Crippen LogP contribution in [-0.2, 0) is 19.1 Å². The summed E-state index contributed by atoms with van der Waals surface area (Å²) in [6.45, 7) is 9.00. The molecule has 0 aromatic heterocycles. The third kappa shape index (κ3) is 3.35. The van der Waals surface area contributed by atoms with Gasteiger partial charge in [-0.25, -0.2) is 0 Å². The molecular weight excluding hydrogens is 308 g/mol. The molecule has 0 saturated carbocycles. The molecule has 0 N–H and O–H groups in total. The summed E-state index contributed by atoms with van der Waals surface area (Å²) in [4.78, 5) is 37.3. The summed E-state index contributed by atoms with van der Waals surface area (Å²) in [5, 5.41) is 0. The Morgan fingerprint density at radius 1 is 1.25 bits per heavy atom. The average Bonchev–Trinajstić information content (AvgIpc) is 2.75. The van der Waals surface area contributed by atoms with Crippen molar-refractivity contribution >= 4 is 17.7 Å². The highest BCUT2D eigenvalue weighted by Gasteiger charge is 2.57. The van der Waals surface area contributed by atoms with Crippen LogP contribution in [0.2, 0.25) is 0 Å². The van der Waals surface area contributed by atoms with Crippen LogP contribution in [0.1, 0.15) is 43.6 Å². The molecule has 3 atom stereocenters. The quantitative estimate of drug-likeness (QED) is 0.471. The Morgan fingerprint density at radius 3 is 2.38 bits per heavy atom. The number of benzene rings is 1. The predicted octanol–water partition coefficient (Wildman–Crippen LogP) is 2.94. The van der Waals surface area contributed by atoms with Crippen LogP contribution in [0, 0.1) is 24.7 Å². The highest BCUT2D eigenvalue weighted by molar-refractivity contribution is 6.01. The number of hydrogen-bond acceptors (Lipinski definition) is 5. The Kier molecular flexibility index (Phi) is 5.11. The minimum atomic E-state index is -1.07. The van der Waals surface area contributed by atoms with Gasteiger partial charge in [0, 0.05) is 17.4 Å². The van der Waals surface area contributed by atoms with Crippen molar-refractivity contribution in [1.29, 1.82) is 0 Å². The van der Waals surface area contributed by atoms with Gasteiger partial charge in [-0.05, 0) is 27.7 Å². The largest absolute Gasteiger partial charge is 0.465 e. The first-order chi connectivity index (χ1) is 11.2. The number of hydrogen-bond donors (Lipinski definition) is 0. The van der Waals surface area contributed by atoms with E-state index in [9.17, 15) is 14.4 Å². The van der Waals surface area contributed by atoms with E-state index in [1.807, 2.05) is 19.1 Å². The fraction of sp³-hybridized carbons (Fsp3) is 0.526. The first-order valence-electron chi connectivity index (χ1n) is 8.19. The smallest absolute Gasteiger partial charge is 0.321 e. The van der Waals surface area contributed by atoms with E-state index in [2.05, 4.69) is 0 Å². The SMILES string of the molecule is CCOC(=O)[C@H]1C(=O)OC(C)(C)[C@H]1[C@H](C)C(=O)c1ccc(C)cc1. The Balaban J connectivity index is 2.33. The van der Waals surface area contributed by atoms with Crippen molar-refractivity contribution in [3.63, 3.8) is 0 Å². The van der Waals surface area contributed by atoms with Crippen molar-refractivity contribution in [3.05, 3.63) is 35.4 Å². The zero-order valence-electron chi connectivity index (χ0n) is 14.8. The second-order valence-electron chi connectivity index (χ2n) is 6.80. The molecule has 130 valence electrons. The van der Waals surface area contributed by atoms with Crippen LogP contribution >= 0.6 is 0 Å². The predicted molar refractivity (Wildman–Crippen MR) is 88.5 cm³/mol. The van der Waals surface area contributed by atoms with Crippen LogP contribution in [0.25, 0.3) is 0 Å². The summed E-state index contributed by atoms with van der Waals surface area (Å²) in [5.41, 5.74) is 0.711. The molecule has 2 rings (SSSR count). The molecule has 1 aromatic carbocycles. The number of ether oxygens (including phenoxy) is 2. The highest BCUT2D eigenvalue weighted by atomic mass is 16.6. The van der Waals surface area contributed by atoms with Gasteiger partial charge in [0.05, 0.1) is 6.61 Å². The van der Waals surface area contributed by atoms with Crippen LogP contribution in [0.15, 0.2) is 24.3 Å². The fourth-order valence-corrected chi connectivity index (χ4v) is 3.45. The molecule has 1 saturated heterocycles. The molecule has 1 aliphatic heterocycles. The molecule has 0 bridgehead atoms. The summed E-state index contributed by atoms with van der Waals surface area (Å²) < 4.78 is 10.4. The van der Waals surface area contributed by atoms with Crippen LogP contribution in [0.4, 0.5) is 0 Å². The molecule has 24 heavy (non-hydrogen) atoms. The number of esters is 2. The number of ketones is 1. The van der Waals surface area contributed by atoms with Crippen LogP contribution in [0.5, 0.6) is 0 Å². The van der Waals surface area contributed by atoms with Crippen molar-refractivity contribution in [3.8, 4) is 0 Å². The Morgan fingerprint density at radius 2 is 1.83 bits per heavy atom. The Hall–Kier alpha value is -2.17. The summed E-state index contributed by atoms with van der Waals surface area (Å²) in [6, 6.07) is 7.25. The molecule has 1 heterocycles. The van der Waals surface area contributed by atoms with Gasteiger partial charge in [-0.2, -0.15) is 0 Å². The summed E-state index contributed by atoms with van der Waals surface area (Å²) in [7, 11) is 0. The molecule has 0 spiro atoms. The van der Waals surface area contributed by atoms with Crippen molar-refractivity contribution < 1.29 is 23.9 Å². The van der Waals surface area contributed by atoms with Gasteiger partial charge in [-0.3, -0.25) is 14.4 Å². The molecule has 5 nitrogen and oxygen atoms in total. The molecule has 0 unspecified atom stereocenters. The number of aryl methyl sites for hydroxylation is 1. The number of carbonyl (C=O) groups is 3. The van der Waals surface area contributed by atoms with E-state index in [1.54, 1.807) is 39.8 Å². The Bertz CT molecular complexity index is 644. The second kappa shape index (κ2) is 6.75. The normalized spacial score (nSPS) is 23.5. The maximum atomic E-state index is 12.8. The average molecular weight is 332 g/mol. The first kappa shape index (κ1) is 18.2. The van der Waals surface area contributed by atoms with Gasteiger partial charge in [0.1, 0.15) is 5.60 Å². The van der Waals surface area contributed by atoms with Crippen molar-refractivity contribution in [1.82, 2.24) is 0 Å². The third-order valence-electron chi connectivity index (χ3n) is 4.61. The lowest BCUT2D eigenvalue weighted by molar-refractivity contribution is -0.157. The standard InChI is InChI=1S/C19H24O5/c1-6-23-17(21)14-15(19(4,5)24-18(14)22)12(3)16(20)13-9-7-11(2)8-10-13/h7-10,12,14-15H,6H2,1-5H3/t12-,14-,15-/m0/s1. The summed E-state index contributed by atoms with van der Waals surface area (Å²) >= 11 is 0. The van der Waals surface area contributed by atoms with E-state index in [0.29, 0.717) is 5.56 Å². The van der Waals surface area contributed by atoms with Crippen LogP contribution in [-0.4, -0.2) is 29.9 Å². The number of rotatable bonds is 5. The third-order valence-corrected chi connectivity index (χ3v) is 4.61. The zero-order chi connectivity index (χ0) is 18.1. The molecule has 0 amide bonds. The molecule has 5 heteroatoms. The van der Waals surface area contributed by atoms with E-state index < -0.39 is 35.3 Å². The van der Waals surface area contributed by atoms with Gasteiger partial charge in [0.2, 0.25) is 0 Å². The van der Waals surface area contributed by atoms with E-state index in [-0.39, 0.29) is 12.4 Å². The van der Waals surface area contributed by atoms with Gasteiger partial charge in [-0.15, -0.1) is 0 Å². The maximum absolute atomic E-state index is 12.8. The van der Waals surface area contributed by atoms with Gasteiger partial charge in [0.25, 0.3) is 0 Å². The van der Waals surface area contributed by atoms with Crippen molar-refractivity contribution in [2.45, 2.75) is 40.2 Å². The number of cyclic esters (lactones) is 1. The number of carbonyl (C=O) groups excluding carboxylic acids is 3. The lowest BCUT2D eigenvalue weighted by Crippen LogP contribution is -2.41. The van der Waals surface area contributed by atoms with Gasteiger partial charge < -0.3 is 9.47 Å². The monoisotopic (exact) mass is 332 g/mol. The fourth-order valence-electron chi connectivity index (χ4n) is 3.45. The van der Waals surface area contributed by atoms with E-state index >= 15 is 0 Å². The minimum Gasteiger partial charge on any atom is -0.465 e. The van der Waals surface area contributed by atoms with E-state index in [1.165, 1.54) is 0 Å². The molecule has 0 aliphatic carbocycles. The lowest BCUT2D eigenvalue weighted by Gasteiger charge is -2.30. The zero-order valence-corrected chi connectivity index (χ0v) is 14.8. The van der Waals surface area contributed by atoms with Crippen LogP contribution in [0.3, 0.4) is 0 Å². The minimum absolute atomic E-state index is 0.110. The van der Waals surface area contributed by atoms with Crippen molar-refractivity contribution in [2.75, 3.05) is 6.61 Å². The lowest BCUT2D eigenvalue weighted by atomic mass is 9.72. The van der Waals surface area contributed by atoms with E-state index in [0.717, 1.165) is 5.56 Å². The first-order valence-corrected chi connectivity index (χ1v) is 8.19. The molecule has 1 fully saturated rings.